The predicted molar refractivity (Wildman–Crippen MR) is 100 cm³/mol. The number of rotatable bonds is 9. The van der Waals surface area contributed by atoms with Gasteiger partial charge in [-0.25, -0.2) is 11.4 Å². The first-order chi connectivity index (χ1) is 14.4. The van der Waals surface area contributed by atoms with Gasteiger partial charge in [0.05, 0.1) is 43.3 Å². The first-order valence-corrected chi connectivity index (χ1v) is 9.05. The number of hydrogen-bond acceptors (Lipinski definition) is 9. The Morgan fingerprint density at radius 3 is 1.67 bits per heavy atom. The molecular formula is C20H20N4O6. The molecule has 10 nitrogen and oxygen atoms in total. The number of nitrogens with zero attached hydrogens (tertiary/aromatic N) is 4. The number of hydrogen-bond donors (Lipinski definition) is 0. The van der Waals surface area contributed by atoms with Crippen LogP contribution in [0.2, 0.25) is 0 Å². The molecule has 1 rings (SSSR count). The number of nitriles is 2. The van der Waals surface area contributed by atoms with Crippen LogP contribution in [0.1, 0.15) is 55.6 Å². The van der Waals surface area contributed by atoms with Crippen molar-refractivity contribution < 1.29 is 28.6 Å². The predicted octanol–water partition coefficient (Wildman–Crippen LogP) is 1.95. The maximum atomic E-state index is 12.2. The van der Waals surface area contributed by atoms with Crippen LogP contribution in [0.4, 0.5) is 0 Å². The van der Waals surface area contributed by atoms with Crippen molar-refractivity contribution in [3.63, 3.8) is 0 Å². The van der Waals surface area contributed by atoms with Crippen LogP contribution in [0.3, 0.4) is 0 Å². The van der Waals surface area contributed by atoms with Gasteiger partial charge < -0.3 is 14.2 Å². The SMILES string of the molecule is [C-]#[N+]C(C(=O)OCC)c1cc(C(C#N)C(=O)OCC)nc(C(C#N)C(=O)OCC)c1. The second-order valence-electron chi connectivity index (χ2n) is 5.66. The van der Waals surface area contributed by atoms with E-state index in [1.54, 1.807) is 32.9 Å². The van der Waals surface area contributed by atoms with E-state index >= 15 is 0 Å². The zero-order valence-corrected chi connectivity index (χ0v) is 16.7. The Labute approximate surface area is 173 Å². The van der Waals surface area contributed by atoms with Gasteiger partial charge in [-0.15, -0.1) is 0 Å². The van der Waals surface area contributed by atoms with Gasteiger partial charge in [-0.05, 0) is 32.9 Å². The molecule has 0 aromatic carbocycles. The first-order valence-electron chi connectivity index (χ1n) is 9.05. The molecule has 0 bridgehead atoms. The fraction of sp³-hybridized carbons (Fsp3) is 0.450. The molecule has 0 aliphatic carbocycles. The Balaban J connectivity index is 3.66. The van der Waals surface area contributed by atoms with Crippen LogP contribution >= 0.6 is 0 Å². The number of aromatic nitrogens is 1. The van der Waals surface area contributed by atoms with E-state index in [-0.39, 0.29) is 36.8 Å². The fourth-order valence-electron chi connectivity index (χ4n) is 2.47. The molecule has 0 fully saturated rings. The Bertz CT molecular complexity index is 793. The summed E-state index contributed by atoms with van der Waals surface area (Å²) in [6.45, 7) is 12.1. The molecule has 0 spiro atoms. The summed E-state index contributed by atoms with van der Waals surface area (Å²) in [4.78, 5) is 43.8. The molecule has 0 aliphatic rings. The molecule has 0 radical (unpaired) electrons. The largest absolute Gasteiger partial charge is 0.465 e. The average molecular weight is 412 g/mol. The minimum Gasteiger partial charge on any atom is -0.465 e. The summed E-state index contributed by atoms with van der Waals surface area (Å²) in [5.74, 6) is -5.62. The van der Waals surface area contributed by atoms with Crippen molar-refractivity contribution in [2.24, 2.45) is 0 Å². The highest BCUT2D eigenvalue weighted by molar-refractivity contribution is 5.84. The van der Waals surface area contributed by atoms with Gasteiger partial charge in [0.15, 0.2) is 11.8 Å². The highest BCUT2D eigenvalue weighted by Crippen LogP contribution is 2.28. The summed E-state index contributed by atoms with van der Waals surface area (Å²) in [5, 5.41) is 18.9. The van der Waals surface area contributed by atoms with E-state index in [2.05, 4.69) is 9.83 Å². The van der Waals surface area contributed by atoms with E-state index in [0.29, 0.717) is 0 Å². The van der Waals surface area contributed by atoms with Crippen molar-refractivity contribution in [1.29, 1.82) is 10.5 Å². The van der Waals surface area contributed by atoms with Crippen LogP contribution in [0.15, 0.2) is 12.1 Å². The van der Waals surface area contributed by atoms with Gasteiger partial charge in [0.25, 0.3) is 0 Å². The highest BCUT2D eigenvalue weighted by Gasteiger charge is 2.34. The lowest BCUT2D eigenvalue weighted by atomic mass is 9.97. The van der Waals surface area contributed by atoms with Gasteiger partial charge in [-0.2, -0.15) is 10.5 Å². The summed E-state index contributed by atoms with van der Waals surface area (Å²) < 4.78 is 14.6. The number of esters is 3. The van der Waals surface area contributed by atoms with Crippen LogP contribution in [0, 0.1) is 29.2 Å². The van der Waals surface area contributed by atoms with Gasteiger partial charge in [0, 0.05) is 5.56 Å². The third kappa shape index (κ3) is 5.76. The third-order valence-corrected chi connectivity index (χ3v) is 3.74. The van der Waals surface area contributed by atoms with Gasteiger partial charge in [-0.3, -0.25) is 19.4 Å². The molecule has 30 heavy (non-hydrogen) atoms. The van der Waals surface area contributed by atoms with Gasteiger partial charge in [-0.1, -0.05) is 0 Å². The monoisotopic (exact) mass is 412 g/mol. The molecule has 0 saturated carbocycles. The maximum absolute atomic E-state index is 12.2. The van der Waals surface area contributed by atoms with E-state index in [1.165, 1.54) is 12.1 Å². The number of carbonyl (C=O) groups excluding carboxylic acids is 3. The van der Waals surface area contributed by atoms with Gasteiger partial charge in [0.1, 0.15) is 0 Å². The summed E-state index contributed by atoms with van der Waals surface area (Å²) in [7, 11) is 0. The molecule has 1 aromatic heterocycles. The summed E-state index contributed by atoms with van der Waals surface area (Å²) >= 11 is 0. The topological polar surface area (TPSA) is 144 Å². The Hall–Kier alpha value is -3.97. The summed E-state index contributed by atoms with van der Waals surface area (Å²) in [6.07, 6.45) is 0. The van der Waals surface area contributed by atoms with E-state index in [4.69, 9.17) is 20.8 Å². The van der Waals surface area contributed by atoms with Crippen molar-refractivity contribution in [3.8, 4) is 12.1 Å². The molecular weight excluding hydrogens is 392 g/mol. The van der Waals surface area contributed by atoms with Crippen LogP contribution in [-0.2, 0) is 28.6 Å². The van der Waals surface area contributed by atoms with Crippen LogP contribution in [0.25, 0.3) is 4.85 Å². The smallest absolute Gasteiger partial charge is 0.395 e. The lowest BCUT2D eigenvalue weighted by Crippen LogP contribution is -2.21. The van der Waals surface area contributed by atoms with Crippen molar-refractivity contribution in [1.82, 2.24) is 4.98 Å². The van der Waals surface area contributed by atoms with Crippen molar-refractivity contribution in [2.75, 3.05) is 19.8 Å². The third-order valence-electron chi connectivity index (χ3n) is 3.74. The first kappa shape index (κ1) is 24.1. The zero-order chi connectivity index (χ0) is 22.7. The zero-order valence-electron chi connectivity index (χ0n) is 16.7. The maximum Gasteiger partial charge on any atom is 0.395 e. The Morgan fingerprint density at radius 2 is 1.33 bits per heavy atom. The molecule has 0 aliphatic heterocycles. The van der Waals surface area contributed by atoms with E-state index in [9.17, 15) is 24.9 Å². The Kier molecular flexibility index (Phi) is 9.45. The number of carbonyl (C=O) groups is 3. The van der Waals surface area contributed by atoms with E-state index < -0.39 is 35.8 Å². The lowest BCUT2D eigenvalue weighted by Gasteiger charge is -2.15. The molecule has 3 atom stereocenters. The average Bonchev–Trinajstić information content (AvgIpc) is 2.70. The molecule has 156 valence electrons. The molecule has 3 unspecified atom stereocenters. The van der Waals surface area contributed by atoms with Gasteiger partial charge in [0.2, 0.25) is 0 Å². The highest BCUT2D eigenvalue weighted by atomic mass is 16.5. The normalized spacial score (nSPS) is 12.8. The molecule has 10 heteroatoms. The molecule has 1 heterocycles. The quantitative estimate of drug-likeness (QED) is 0.337. The van der Waals surface area contributed by atoms with Crippen molar-refractivity contribution in [3.05, 3.63) is 40.5 Å². The molecule has 0 amide bonds. The van der Waals surface area contributed by atoms with Crippen LogP contribution in [0.5, 0.6) is 0 Å². The van der Waals surface area contributed by atoms with Crippen LogP contribution in [-0.4, -0.2) is 42.7 Å². The van der Waals surface area contributed by atoms with E-state index in [1.807, 2.05) is 0 Å². The second-order valence-corrected chi connectivity index (χ2v) is 5.66. The summed E-state index contributed by atoms with van der Waals surface area (Å²) in [6, 6.07) is 4.50. The molecule has 1 aromatic rings. The minimum atomic E-state index is -1.49. The minimum absolute atomic E-state index is 0.0146. The molecule has 0 N–H and O–H groups in total. The van der Waals surface area contributed by atoms with Crippen molar-refractivity contribution >= 4 is 17.9 Å². The molecule has 0 saturated heterocycles. The standard InChI is InChI=1S/C20H20N4O6/c1-5-28-18(25)13(10-21)15-8-12(17(23-4)20(27)30-7-3)9-16(24-15)14(11-22)19(26)29-6-2/h8-9,13-14,17H,5-7H2,1-3H3. The van der Waals surface area contributed by atoms with Crippen molar-refractivity contribution in [2.45, 2.75) is 38.6 Å². The summed E-state index contributed by atoms with van der Waals surface area (Å²) in [5.41, 5.74) is -0.297. The van der Waals surface area contributed by atoms with Crippen LogP contribution < -0.4 is 0 Å². The number of ether oxygens (including phenoxy) is 3. The lowest BCUT2D eigenvalue weighted by molar-refractivity contribution is -0.144. The second kappa shape index (κ2) is 11.8. The fourth-order valence-corrected chi connectivity index (χ4v) is 2.47. The van der Waals surface area contributed by atoms with E-state index in [0.717, 1.165) is 0 Å². The van der Waals surface area contributed by atoms with Gasteiger partial charge >= 0.3 is 23.9 Å². The number of pyridine rings is 1. The Morgan fingerprint density at radius 1 is 0.933 bits per heavy atom.